The van der Waals surface area contributed by atoms with Crippen molar-refractivity contribution >= 4 is 23.6 Å². The number of aliphatic carboxylic acids is 1. The molecule has 8 atom stereocenters. The Labute approximate surface area is 297 Å². The van der Waals surface area contributed by atoms with E-state index in [9.17, 15) is 28.7 Å². The number of hydrogen-bond acceptors (Lipinski definition) is 5. The zero-order chi connectivity index (χ0) is 36.8. The van der Waals surface area contributed by atoms with Crippen molar-refractivity contribution in [2.45, 2.75) is 138 Å². The van der Waals surface area contributed by atoms with E-state index in [4.69, 9.17) is 4.74 Å². The number of rotatable bonds is 7. The third kappa shape index (κ3) is 5.39. The summed E-state index contributed by atoms with van der Waals surface area (Å²) in [5.74, 6) is -1.45. The number of Topliss-reactive ketones (excluding diaryl/α,β-unsaturated/α-hetero) is 1. The van der Waals surface area contributed by atoms with Crippen LogP contribution < -0.4 is 5.32 Å². The molecule has 7 nitrogen and oxygen atoms in total. The van der Waals surface area contributed by atoms with E-state index in [2.05, 4.69) is 53.8 Å². The van der Waals surface area contributed by atoms with Crippen molar-refractivity contribution in [2.75, 3.05) is 0 Å². The number of amides is 1. The maximum atomic E-state index is 14.1. The molecule has 2 N–H and O–H groups in total. The molecule has 50 heavy (non-hydrogen) atoms. The number of allylic oxidation sites excluding steroid dienone is 1. The molecule has 0 spiro atoms. The number of esters is 1. The largest absolute Gasteiger partial charge is 0.481 e. The monoisotopic (exact) mass is 691 g/mol. The second kappa shape index (κ2) is 12.0. The van der Waals surface area contributed by atoms with Crippen molar-refractivity contribution in [3.8, 4) is 0 Å². The van der Waals surface area contributed by atoms with Crippen molar-refractivity contribution in [3.63, 3.8) is 0 Å². The van der Waals surface area contributed by atoms with Crippen molar-refractivity contribution in [1.29, 1.82) is 0 Å². The Morgan fingerprint density at radius 1 is 1.00 bits per heavy atom. The summed E-state index contributed by atoms with van der Waals surface area (Å²) in [5.41, 5.74) is 0.402. The molecule has 6 rings (SSSR count). The van der Waals surface area contributed by atoms with Gasteiger partial charge >= 0.3 is 11.9 Å². The van der Waals surface area contributed by atoms with Crippen LogP contribution in [0.2, 0.25) is 0 Å². The fraction of sp³-hybridized carbons (Fsp3) is 0.714. The van der Waals surface area contributed by atoms with E-state index in [0.29, 0.717) is 18.3 Å². The Kier molecular flexibility index (Phi) is 8.83. The average molecular weight is 692 g/mol. The summed E-state index contributed by atoms with van der Waals surface area (Å²) >= 11 is 0. The molecule has 8 heteroatoms. The van der Waals surface area contributed by atoms with Crippen LogP contribution in [0, 0.1) is 56.6 Å². The number of nitrogens with one attached hydrogen (secondary N) is 1. The number of carbonyl (C=O) groups excluding carboxylic acids is 3. The molecule has 5 aliphatic carbocycles. The van der Waals surface area contributed by atoms with Gasteiger partial charge in [-0.15, -0.1) is 0 Å². The summed E-state index contributed by atoms with van der Waals surface area (Å²) in [4.78, 5) is 52.4. The SMILES string of the molecule is CC(C)C1C(=O)C[C@]2(NC(=O)c3cccc(F)c3)CC[C@]3(C)C(=C12)CC[C@@H]1[C@@]2(C)CC[C@H](OC(=O)CC(C)(C)C(=O)O)C(C)(C)[C@@H]2CC[C@]13C. The minimum absolute atomic E-state index is 0.0159. The van der Waals surface area contributed by atoms with Crippen LogP contribution in [0.3, 0.4) is 0 Å². The van der Waals surface area contributed by atoms with Gasteiger partial charge in [0, 0.05) is 23.3 Å². The zero-order valence-electron chi connectivity index (χ0n) is 31.6. The predicted octanol–water partition coefficient (Wildman–Crippen LogP) is 8.70. The summed E-state index contributed by atoms with van der Waals surface area (Å²) in [7, 11) is 0. The highest BCUT2D eigenvalue weighted by atomic mass is 19.1. The molecule has 1 unspecified atom stereocenters. The van der Waals surface area contributed by atoms with Crippen LogP contribution in [0.5, 0.6) is 0 Å². The van der Waals surface area contributed by atoms with Crippen LogP contribution in [0.15, 0.2) is 35.4 Å². The minimum atomic E-state index is -1.18. The molecule has 274 valence electrons. The number of carbonyl (C=O) groups is 4. The first-order chi connectivity index (χ1) is 23.1. The van der Waals surface area contributed by atoms with Crippen molar-refractivity contribution in [1.82, 2.24) is 5.32 Å². The fourth-order valence-corrected chi connectivity index (χ4v) is 12.4. The molecule has 0 aliphatic heterocycles. The van der Waals surface area contributed by atoms with E-state index in [1.165, 1.54) is 17.7 Å². The van der Waals surface area contributed by atoms with Gasteiger partial charge < -0.3 is 15.2 Å². The highest BCUT2D eigenvalue weighted by Gasteiger charge is 2.69. The molecule has 0 aromatic heterocycles. The van der Waals surface area contributed by atoms with Crippen LogP contribution >= 0.6 is 0 Å². The Balaban J connectivity index is 1.33. The lowest BCUT2D eigenvalue weighted by molar-refractivity contribution is -0.214. The molecule has 0 saturated heterocycles. The quantitative estimate of drug-likeness (QED) is 0.219. The van der Waals surface area contributed by atoms with Crippen LogP contribution in [0.25, 0.3) is 0 Å². The zero-order valence-corrected chi connectivity index (χ0v) is 31.6. The van der Waals surface area contributed by atoms with E-state index < -0.39 is 28.7 Å². The molecule has 4 saturated carbocycles. The molecule has 5 aliphatic rings. The summed E-state index contributed by atoms with van der Waals surface area (Å²) in [6.07, 6.45) is 6.97. The first kappa shape index (κ1) is 36.8. The third-order valence-electron chi connectivity index (χ3n) is 15.2. The minimum Gasteiger partial charge on any atom is -0.481 e. The first-order valence-corrected chi connectivity index (χ1v) is 18.9. The molecular weight excluding hydrogens is 633 g/mol. The van der Waals surface area contributed by atoms with E-state index in [1.807, 2.05) is 0 Å². The molecule has 4 fully saturated rings. The van der Waals surface area contributed by atoms with E-state index in [-0.39, 0.29) is 69.7 Å². The molecule has 0 radical (unpaired) electrons. The van der Waals surface area contributed by atoms with Gasteiger partial charge in [-0.1, -0.05) is 60.1 Å². The van der Waals surface area contributed by atoms with E-state index in [0.717, 1.165) is 50.5 Å². The lowest BCUT2D eigenvalue weighted by atomic mass is 9.34. The molecule has 1 amide bonds. The number of ether oxygens (including phenoxy) is 1. The summed E-state index contributed by atoms with van der Waals surface area (Å²) in [5, 5.41) is 12.9. The Hall–Kier alpha value is -3.03. The van der Waals surface area contributed by atoms with Gasteiger partial charge in [-0.25, -0.2) is 4.39 Å². The molecular formula is C42H58FNO6. The predicted molar refractivity (Wildman–Crippen MR) is 190 cm³/mol. The Morgan fingerprint density at radius 2 is 1.70 bits per heavy atom. The standard InChI is InChI=1S/C42H58FNO6/c1-24(2)33-28(45)22-42(44-35(47)25-11-10-12-26(43)21-25)20-19-40(8)27(34(33)42)13-14-30-39(7)17-16-31(50-32(46)23-37(3,4)36(48)49)38(5,6)29(39)15-18-41(30,40)9/h10-12,21,24,29-31,33H,13-20,22-23H2,1-9H3,(H,44,47)(H,48,49)/t29-,30+,31-,33?,39-,40+,41+,42+/m0/s1. The molecule has 0 bridgehead atoms. The second-order valence-electron chi connectivity index (χ2n) is 18.9. The van der Waals surface area contributed by atoms with Gasteiger partial charge in [0.1, 0.15) is 17.7 Å². The van der Waals surface area contributed by atoms with Crippen LogP contribution in [-0.2, 0) is 19.1 Å². The number of carboxylic acids is 1. The van der Waals surface area contributed by atoms with E-state index in [1.54, 1.807) is 26.0 Å². The van der Waals surface area contributed by atoms with Gasteiger partial charge in [-0.2, -0.15) is 0 Å². The molecule has 1 aromatic carbocycles. The number of carboxylic acid groups (broad SMARTS) is 1. The molecule has 0 heterocycles. The van der Waals surface area contributed by atoms with Gasteiger partial charge in [0.2, 0.25) is 0 Å². The maximum Gasteiger partial charge on any atom is 0.309 e. The average Bonchev–Trinajstić information content (AvgIpc) is 3.30. The van der Waals surface area contributed by atoms with Crippen LogP contribution in [0.1, 0.15) is 137 Å². The summed E-state index contributed by atoms with van der Waals surface area (Å²) < 4.78 is 20.3. The Morgan fingerprint density at radius 3 is 2.34 bits per heavy atom. The summed E-state index contributed by atoms with van der Waals surface area (Å²) in [6.45, 7) is 19.2. The lowest BCUT2D eigenvalue weighted by Gasteiger charge is -2.70. The maximum absolute atomic E-state index is 14.1. The van der Waals surface area contributed by atoms with Gasteiger partial charge in [0.15, 0.2) is 0 Å². The van der Waals surface area contributed by atoms with Gasteiger partial charge in [0.05, 0.1) is 17.4 Å². The number of hydrogen-bond donors (Lipinski definition) is 2. The van der Waals surface area contributed by atoms with Crippen LogP contribution in [0.4, 0.5) is 4.39 Å². The normalized spacial score (nSPS) is 37.7. The van der Waals surface area contributed by atoms with Crippen molar-refractivity contribution in [2.24, 2.45) is 50.7 Å². The van der Waals surface area contributed by atoms with Crippen molar-refractivity contribution < 1.29 is 33.4 Å². The van der Waals surface area contributed by atoms with Gasteiger partial charge in [0.25, 0.3) is 5.91 Å². The van der Waals surface area contributed by atoms with Crippen LogP contribution in [-0.4, -0.2) is 40.4 Å². The Bertz CT molecular complexity index is 1640. The van der Waals surface area contributed by atoms with Gasteiger partial charge in [-0.05, 0) is 123 Å². The number of halogens is 1. The highest BCUT2D eigenvalue weighted by Crippen LogP contribution is 2.75. The smallest absolute Gasteiger partial charge is 0.309 e. The topological polar surface area (TPSA) is 110 Å². The second-order valence-corrected chi connectivity index (χ2v) is 18.9. The summed E-state index contributed by atoms with van der Waals surface area (Å²) in [6, 6.07) is 5.78. The lowest BCUT2D eigenvalue weighted by Crippen LogP contribution is -2.65. The number of fused-ring (bicyclic) bond motifs is 6. The third-order valence-corrected chi connectivity index (χ3v) is 15.2. The van der Waals surface area contributed by atoms with Gasteiger partial charge in [-0.3, -0.25) is 19.2 Å². The highest BCUT2D eigenvalue weighted by molar-refractivity contribution is 5.98. The number of ketones is 1. The van der Waals surface area contributed by atoms with E-state index >= 15 is 0 Å². The number of benzene rings is 1. The fourth-order valence-electron chi connectivity index (χ4n) is 12.4. The van der Waals surface area contributed by atoms with Crippen molar-refractivity contribution in [3.05, 3.63) is 46.8 Å². The molecule has 1 aromatic rings. The first-order valence-electron chi connectivity index (χ1n) is 18.9.